The van der Waals surface area contributed by atoms with Crippen LogP contribution >= 0.6 is 0 Å². The maximum absolute atomic E-state index is 12.2. The highest BCUT2D eigenvalue weighted by Crippen LogP contribution is 2.15. The first kappa shape index (κ1) is 12.2. The van der Waals surface area contributed by atoms with Crippen molar-refractivity contribution in [1.82, 2.24) is 20.1 Å². The van der Waals surface area contributed by atoms with Crippen LogP contribution in [0.2, 0.25) is 0 Å². The van der Waals surface area contributed by atoms with Gasteiger partial charge in [-0.15, -0.1) is 0 Å². The highest BCUT2D eigenvalue weighted by atomic mass is 16.2. The van der Waals surface area contributed by atoms with Crippen molar-refractivity contribution in [3.63, 3.8) is 0 Å². The number of imide groups is 1. The minimum absolute atomic E-state index is 0.169. The second-order valence-electron chi connectivity index (χ2n) is 3.76. The number of rotatable bonds is 3. The first-order valence-corrected chi connectivity index (χ1v) is 5.45. The lowest BCUT2D eigenvalue weighted by Gasteiger charge is -2.16. The first-order valence-electron chi connectivity index (χ1n) is 5.45. The molecule has 0 spiro atoms. The number of fused-ring (bicyclic) bond motifs is 1. The molecule has 0 atom stereocenters. The molecule has 0 aliphatic heterocycles. The van der Waals surface area contributed by atoms with Crippen LogP contribution in [-0.2, 0) is 4.79 Å². The number of aromatic nitrogens is 3. The van der Waals surface area contributed by atoms with E-state index in [1.54, 1.807) is 12.3 Å². The van der Waals surface area contributed by atoms with Gasteiger partial charge in [-0.2, -0.15) is 5.10 Å². The van der Waals surface area contributed by atoms with E-state index in [1.165, 1.54) is 13.1 Å². The second-order valence-corrected chi connectivity index (χ2v) is 3.76. The first-order chi connectivity index (χ1) is 8.65. The minimum atomic E-state index is -0.466. The number of nitrogens with zero attached hydrogens (tertiary/aromatic N) is 3. The molecule has 0 aliphatic carbocycles. The molecule has 2 aromatic heterocycles. The molecule has 0 radical (unpaired) electrons. The number of H-pyrrole nitrogens is 1. The Kier molecular flexibility index (Phi) is 3.33. The third-order valence-corrected chi connectivity index (χ3v) is 2.54. The molecule has 2 heterocycles. The van der Waals surface area contributed by atoms with Crippen molar-refractivity contribution in [2.24, 2.45) is 5.73 Å². The zero-order chi connectivity index (χ0) is 13.1. The number of hydrogen-bond donors (Lipinski definition) is 2. The summed E-state index contributed by atoms with van der Waals surface area (Å²) in [4.78, 5) is 28.6. The number of pyridine rings is 1. The Hall–Kier alpha value is -2.28. The normalized spacial score (nSPS) is 10.6. The summed E-state index contributed by atoms with van der Waals surface area (Å²) in [7, 11) is 0. The predicted octanol–water partition coefficient (Wildman–Crippen LogP) is -0.0947. The summed E-state index contributed by atoms with van der Waals surface area (Å²) in [5, 5.41) is 7.25. The van der Waals surface area contributed by atoms with Crippen LogP contribution in [0.25, 0.3) is 10.9 Å². The van der Waals surface area contributed by atoms with Crippen molar-refractivity contribution in [2.45, 2.75) is 6.92 Å². The fourth-order valence-corrected chi connectivity index (χ4v) is 1.68. The van der Waals surface area contributed by atoms with Gasteiger partial charge >= 0.3 is 0 Å². The SMILES string of the molecule is CC(=O)N(CCN)C(=O)c1n[nH]c2ccncc12. The molecular weight excluding hydrogens is 234 g/mol. The third-order valence-electron chi connectivity index (χ3n) is 2.54. The Bertz CT molecular complexity index is 592. The van der Waals surface area contributed by atoms with Crippen molar-refractivity contribution in [2.75, 3.05) is 13.1 Å². The number of nitrogens with two attached hydrogens (primary N) is 1. The van der Waals surface area contributed by atoms with Crippen LogP contribution in [0.5, 0.6) is 0 Å². The molecule has 7 nitrogen and oxygen atoms in total. The van der Waals surface area contributed by atoms with Gasteiger partial charge in [0.1, 0.15) is 0 Å². The lowest BCUT2D eigenvalue weighted by Crippen LogP contribution is -2.39. The number of amides is 2. The van der Waals surface area contributed by atoms with Crippen LogP contribution in [0.15, 0.2) is 18.5 Å². The van der Waals surface area contributed by atoms with Gasteiger partial charge in [0.05, 0.1) is 10.9 Å². The second kappa shape index (κ2) is 4.92. The molecule has 0 saturated heterocycles. The molecule has 18 heavy (non-hydrogen) atoms. The Morgan fingerprint density at radius 1 is 1.50 bits per heavy atom. The van der Waals surface area contributed by atoms with E-state index < -0.39 is 5.91 Å². The van der Waals surface area contributed by atoms with Crippen molar-refractivity contribution in [3.05, 3.63) is 24.2 Å². The highest BCUT2D eigenvalue weighted by Gasteiger charge is 2.23. The van der Waals surface area contributed by atoms with Gasteiger partial charge in [-0.1, -0.05) is 0 Å². The molecule has 3 N–H and O–H groups in total. The molecule has 0 fully saturated rings. The van der Waals surface area contributed by atoms with E-state index in [-0.39, 0.29) is 24.7 Å². The molecule has 94 valence electrons. The maximum atomic E-state index is 12.2. The van der Waals surface area contributed by atoms with Crippen LogP contribution < -0.4 is 5.73 Å². The maximum Gasteiger partial charge on any atom is 0.281 e. The van der Waals surface area contributed by atoms with Gasteiger partial charge < -0.3 is 5.73 Å². The Morgan fingerprint density at radius 2 is 2.28 bits per heavy atom. The lowest BCUT2D eigenvalue weighted by molar-refractivity contribution is -0.126. The molecular formula is C11H13N5O2. The molecule has 0 aliphatic rings. The standard InChI is InChI=1S/C11H13N5O2/c1-7(17)16(5-3-12)11(18)10-8-6-13-4-2-9(8)14-15-10/h2,4,6H,3,5,12H2,1H3,(H,14,15). The number of carbonyl (C=O) groups is 2. The van der Waals surface area contributed by atoms with E-state index >= 15 is 0 Å². The number of hydrogen-bond acceptors (Lipinski definition) is 5. The molecule has 0 unspecified atom stereocenters. The van der Waals surface area contributed by atoms with Crippen molar-refractivity contribution < 1.29 is 9.59 Å². The molecule has 7 heteroatoms. The van der Waals surface area contributed by atoms with Crippen LogP contribution in [0.1, 0.15) is 17.4 Å². The Morgan fingerprint density at radius 3 is 2.94 bits per heavy atom. The summed E-state index contributed by atoms with van der Waals surface area (Å²) in [6.45, 7) is 1.70. The van der Waals surface area contributed by atoms with E-state index in [0.29, 0.717) is 10.9 Å². The number of carbonyl (C=O) groups excluding carboxylic acids is 2. The summed E-state index contributed by atoms with van der Waals surface area (Å²) < 4.78 is 0. The number of aromatic amines is 1. The van der Waals surface area contributed by atoms with E-state index in [0.717, 1.165) is 4.90 Å². The van der Waals surface area contributed by atoms with Crippen LogP contribution in [-0.4, -0.2) is 45.0 Å². The molecule has 2 aromatic rings. The van der Waals surface area contributed by atoms with Crippen LogP contribution in [0.4, 0.5) is 0 Å². The Labute approximate surface area is 103 Å². The summed E-state index contributed by atoms with van der Waals surface area (Å²) in [6.07, 6.45) is 3.13. The molecule has 0 bridgehead atoms. The molecule has 0 aromatic carbocycles. The predicted molar refractivity (Wildman–Crippen MR) is 64.7 cm³/mol. The summed E-state index contributed by atoms with van der Waals surface area (Å²) >= 11 is 0. The zero-order valence-corrected chi connectivity index (χ0v) is 9.88. The topological polar surface area (TPSA) is 105 Å². The lowest BCUT2D eigenvalue weighted by atomic mass is 10.2. The van der Waals surface area contributed by atoms with Crippen LogP contribution in [0.3, 0.4) is 0 Å². The quantitative estimate of drug-likeness (QED) is 0.788. The van der Waals surface area contributed by atoms with Gasteiger partial charge in [0.25, 0.3) is 5.91 Å². The smallest absolute Gasteiger partial charge is 0.281 e. The van der Waals surface area contributed by atoms with Gasteiger partial charge in [-0.05, 0) is 6.07 Å². The molecule has 2 rings (SSSR count). The Balaban J connectivity index is 2.41. The van der Waals surface area contributed by atoms with Gasteiger partial charge in [0, 0.05) is 32.4 Å². The van der Waals surface area contributed by atoms with Crippen molar-refractivity contribution in [1.29, 1.82) is 0 Å². The molecule has 2 amide bonds. The average Bonchev–Trinajstić information content (AvgIpc) is 2.78. The molecule has 0 saturated carbocycles. The zero-order valence-electron chi connectivity index (χ0n) is 9.88. The average molecular weight is 247 g/mol. The fourth-order valence-electron chi connectivity index (χ4n) is 1.68. The summed E-state index contributed by atoms with van der Waals surface area (Å²) in [5.74, 6) is -0.822. The van der Waals surface area contributed by atoms with Gasteiger partial charge in [0.15, 0.2) is 5.69 Å². The van der Waals surface area contributed by atoms with Gasteiger partial charge in [-0.25, -0.2) is 0 Å². The van der Waals surface area contributed by atoms with Crippen molar-refractivity contribution >= 4 is 22.7 Å². The monoisotopic (exact) mass is 247 g/mol. The van der Waals surface area contributed by atoms with Gasteiger partial charge in [-0.3, -0.25) is 24.6 Å². The third kappa shape index (κ3) is 2.07. The van der Waals surface area contributed by atoms with Crippen molar-refractivity contribution in [3.8, 4) is 0 Å². The minimum Gasteiger partial charge on any atom is -0.329 e. The van der Waals surface area contributed by atoms with E-state index in [4.69, 9.17) is 5.73 Å². The van der Waals surface area contributed by atoms with Gasteiger partial charge in [0.2, 0.25) is 5.91 Å². The van der Waals surface area contributed by atoms with Crippen LogP contribution in [0, 0.1) is 0 Å². The van der Waals surface area contributed by atoms with E-state index in [9.17, 15) is 9.59 Å². The highest BCUT2D eigenvalue weighted by molar-refractivity contribution is 6.09. The van der Waals surface area contributed by atoms with E-state index in [2.05, 4.69) is 15.2 Å². The summed E-state index contributed by atoms with van der Waals surface area (Å²) in [6, 6.07) is 1.71. The van der Waals surface area contributed by atoms with E-state index in [1.807, 2.05) is 0 Å². The number of nitrogens with one attached hydrogen (secondary N) is 1. The largest absolute Gasteiger partial charge is 0.329 e. The summed E-state index contributed by atoms with van der Waals surface area (Å²) in [5.41, 5.74) is 6.27. The fraction of sp³-hybridized carbons (Fsp3) is 0.273.